The maximum absolute atomic E-state index is 10.6. The maximum atomic E-state index is 10.6. The summed E-state index contributed by atoms with van der Waals surface area (Å²) < 4.78 is 4.78. The van der Waals surface area contributed by atoms with Crippen molar-refractivity contribution in [1.29, 1.82) is 0 Å². The number of benzene rings is 2. The number of nitrogens with two attached hydrogens (primary N) is 1. The van der Waals surface area contributed by atoms with Crippen LogP contribution in [-0.4, -0.2) is 6.09 Å². The second kappa shape index (κ2) is 6.59. The van der Waals surface area contributed by atoms with Crippen LogP contribution in [0.3, 0.4) is 0 Å². The van der Waals surface area contributed by atoms with Crippen molar-refractivity contribution < 1.29 is 9.53 Å². The summed E-state index contributed by atoms with van der Waals surface area (Å²) in [5.41, 5.74) is 8.47. The van der Waals surface area contributed by atoms with Gasteiger partial charge in [0, 0.05) is 0 Å². The van der Waals surface area contributed by atoms with Gasteiger partial charge in [-0.25, -0.2) is 4.79 Å². The van der Waals surface area contributed by atoms with Crippen LogP contribution in [0.1, 0.15) is 16.7 Å². The molecule has 2 aromatic carbocycles. The molecule has 98 valence electrons. The summed E-state index contributed by atoms with van der Waals surface area (Å²) in [7, 11) is 0. The van der Waals surface area contributed by atoms with E-state index in [-0.39, 0.29) is 6.61 Å². The monoisotopic (exact) mass is 255 g/mol. The van der Waals surface area contributed by atoms with Crippen LogP contribution in [-0.2, 0) is 24.2 Å². The van der Waals surface area contributed by atoms with E-state index in [0.717, 1.165) is 18.4 Å². The molecule has 1 amide bonds. The standard InChI is InChI=1S/C16H17NO2/c17-16(18)19-12-15-8-4-7-14(11-15)10-9-13-5-2-1-3-6-13/h1-8,11H,9-10,12H2,(H2,17,18). The molecule has 0 bridgehead atoms. The van der Waals surface area contributed by atoms with Gasteiger partial charge in [-0.1, -0.05) is 54.6 Å². The second-order valence-corrected chi connectivity index (χ2v) is 4.41. The Hall–Kier alpha value is -2.29. The molecule has 0 atom stereocenters. The number of primary amides is 1. The van der Waals surface area contributed by atoms with Gasteiger partial charge in [-0.15, -0.1) is 0 Å². The topological polar surface area (TPSA) is 52.3 Å². The van der Waals surface area contributed by atoms with Crippen LogP contribution in [0.25, 0.3) is 0 Å². The third-order valence-corrected chi connectivity index (χ3v) is 2.92. The largest absolute Gasteiger partial charge is 0.445 e. The van der Waals surface area contributed by atoms with Gasteiger partial charge >= 0.3 is 6.09 Å². The Morgan fingerprint density at radius 3 is 2.26 bits per heavy atom. The van der Waals surface area contributed by atoms with E-state index in [1.807, 2.05) is 36.4 Å². The number of hydrogen-bond donors (Lipinski definition) is 1. The highest BCUT2D eigenvalue weighted by Crippen LogP contribution is 2.10. The SMILES string of the molecule is NC(=O)OCc1cccc(CCc2ccccc2)c1. The zero-order chi connectivity index (χ0) is 13.5. The first kappa shape index (κ1) is 13.1. The Kier molecular flexibility index (Phi) is 4.56. The summed E-state index contributed by atoms with van der Waals surface area (Å²) in [6.07, 6.45) is 1.23. The van der Waals surface area contributed by atoms with E-state index in [2.05, 4.69) is 18.2 Å². The van der Waals surface area contributed by atoms with E-state index >= 15 is 0 Å². The lowest BCUT2D eigenvalue weighted by atomic mass is 10.0. The molecule has 2 aromatic rings. The predicted molar refractivity (Wildman–Crippen MR) is 74.7 cm³/mol. The van der Waals surface area contributed by atoms with Gasteiger partial charge in [-0.2, -0.15) is 0 Å². The zero-order valence-electron chi connectivity index (χ0n) is 10.7. The molecule has 0 unspecified atom stereocenters. The lowest BCUT2D eigenvalue weighted by molar-refractivity contribution is 0.150. The first-order valence-electron chi connectivity index (χ1n) is 6.28. The molecule has 3 nitrogen and oxygen atoms in total. The molecule has 0 heterocycles. The Morgan fingerprint density at radius 2 is 1.53 bits per heavy atom. The van der Waals surface area contributed by atoms with Crippen molar-refractivity contribution in [2.45, 2.75) is 19.4 Å². The van der Waals surface area contributed by atoms with Crippen molar-refractivity contribution in [2.75, 3.05) is 0 Å². The third kappa shape index (κ3) is 4.47. The molecular formula is C16H17NO2. The molecule has 2 N–H and O–H groups in total. The van der Waals surface area contributed by atoms with Gasteiger partial charge in [-0.05, 0) is 29.5 Å². The summed E-state index contributed by atoms with van der Waals surface area (Å²) >= 11 is 0. The first-order chi connectivity index (χ1) is 9.24. The van der Waals surface area contributed by atoms with Crippen LogP contribution in [0.4, 0.5) is 4.79 Å². The van der Waals surface area contributed by atoms with Crippen LogP contribution in [0.5, 0.6) is 0 Å². The van der Waals surface area contributed by atoms with Crippen molar-refractivity contribution in [1.82, 2.24) is 0 Å². The Bertz CT molecular complexity index is 537. The average molecular weight is 255 g/mol. The zero-order valence-corrected chi connectivity index (χ0v) is 10.7. The van der Waals surface area contributed by atoms with E-state index in [0.29, 0.717) is 0 Å². The van der Waals surface area contributed by atoms with Crippen LogP contribution < -0.4 is 5.73 Å². The number of carbonyl (C=O) groups excluding carboxylic acids is 1. The second-order valence-electron chi connectivity index (χ2n) is 4.41. The smallest absolute Gasteiger partial charge is 0.404 e. The Balaban J connectivity index is 1.93. The Morgan fingerprint density at radius 1 is 0.895 bits per heavy atom. The molecule has 2 rings (SSSR count). The van der Waals surface area contributed by atoms with Crippen molar-refractivity contribution >= 4 is 6.09 Å². The van der Waals surface area contributed by atoms with Crippen LogP contribution in [0.2, 0.25) is 0 Å². The van der Waals surface area contributed by atoms with E-state index in [1.54, 1.807) is 0 Å². The maximum Gasteiger partial charge on any atom is 0.404 e. The number of carbonyl (C=O) groups is 1. The highest BCUT2D eigenvalue weighted by atomic mass is 16.5. The van der Waals surface area contributed by atoms with Gasteiger partial charge in [0.1, 0.15) is 6.61 Å². The molecule has 0 saturated heterocycles. The molecule has 0 spiro atoms. The summed E-state index contributed by atoms with van der Waals surface area (Å²) in [5, 5.41) is 0. The van der Waals surface area contributed by atoms with Crippen LogP contribution in [0.15, 0.2) is 54.6 Å². The van der Waals surface area contributed by atoms with Crippen molar-refractivity contribution in [3.63, 3.8) is 0 Å². The Labute approximate surface area is 113 Å². The van der Waals surface area contributed by atoms with Gasteiger partial charge in [0.05, 0.1) is 0 Å². The quantitative estimate of drug-likeness (QED) is 0.892. The highest BCUT2D eigenvalue weighted by Gasteiger charge is 2.00. The van der Waals surface area contributed by atoms with E-state index in [4.69, 9.17) is 10.5 Å². The summed E-state index contributed by atoms with van der Waals surface area (Å²) in [4.78, 5) is 10.6. The fourth-order valence-corrected chi connectivity index (χ4v) is 1.96. The van der Waals surface area contributed by atoms with Crippen LogP contribution >= 0.6 is 0 Å². The summed E-state index contributed by atoms with van der Waals surface area (Å²) in [5.74, 6) is 0. The van der Waals surface area contributed by atoms with Gasteiger partial charge in [-0.3, -0.25) is 0 Å². The third-order valence-electron chi connectivity index (χ3n) is 2.92. The van der Waals surface area contributed by atoms with E-state index in [1.165, 1.54) is 11.1 Å². The summed E-state index contributed by atoms with van der Waals surface area (Å²) in [6, 6.07) is 18.4. The fraction of sp³-hybridized carbons (Fsp3) is 0.188. The number of hydrogen-bond acceptors (Lipinski definition) is 2. The molecule has 3 heteroatoms. The molecule has 0 aliphatic rings. The molecule has 0 radical (unpaired) electrons. The molecule has 0 fully saturated rings. The lowest BCUT2D eigenvalue weighted by Gasteiger charge is -2.06. The first-order valence-corrected chi connectivity index (χ1v) is 6.28. The van der Waals surface area contributed by atoms with Crippen LogP contribution in [0, 0.1) is 0 Å². The molecular weight excluding hydrogens is 238 g/mol. The highest BCUT2D eigenvalue weighted by molar-refractivity contribution is 5.64. The van der Waals surface area contributed by atoms with E-state index < -0.39 is 6.09 Å². The van der Waals surface area contributed by atoms with Gasteiger partial charge in [0.15, 0.2) is 0 Å². The van der Waals surface area contributed by atoms with Crippen molar-refractivity contribution in [2.24, 2.45) is 5.73 Å². The molecule has 19 heavy (non-hydrogen) atoms. The van der Waals surface area contributed by atoms with Gasteiger partial charge < -0.3 is 10.5 Å². The normalized spacial score (nSPS) is 10.1. The number of aryl methyl sites for hydroxylation is 2. The molecule has 0 aliphatic heterocycles. The number of amides is 1. The number of ether oxygens (including phenoxy) is 1. The lowest BCUT2D eigenvalue weighted by Crippen LogP contribution is -2.12. The minimum Gasteiger partial charge on any atom is -0.445 e. The minimum atomic E-state index is -0.741. The molecule has 0 aliphatic carbocycles. The fourth-order valence-electron chi connectivity index (χ4n) is 1.96. The van der Waals surface area contributed by atoms with E-state index in [9.17, 15) is 4.79 Å². The molecule has 0 saturated carbocycles. The van der Waals surface area contributed by atoms with Gasteiger partial charge in [0.2, 0.25) is 0 Å². The minimum absolute atomic E-state index is 0.231. The number of rotatable bonds is 5. The summed E-state index contributed by atoms with van der Waals surface area (Å²) in [6.45, 7) is 0.231. The molecule has 0 aromatic heterocycles. The van der Waals surface area contributed by atoms with Gasteiger partial charge in [0.25, 0.3) is 0 Å². The average Bonchev–Trinajstić information content (AvgIpc) is 2.44. The predicted octanol–water partition coefficient (Wildman–Crippen LogP) is 3.07. The van der Waals surface area contributed by atoms with Crippen molar-refractivity contribution in [3.8, 4) is 0 Å². The van der Waals surface area contributed by atoms with Crippen molar-refractivity contribution in [3.05, 3.63) is 71.3 Å².